The van der Waals surface area contributed by atoms with E-state index in [2.05, 4.69) is 10.3 Å². The van der Waals surface area contributed by atoms with E-state index in [-0.39, 0.29) is 10.8 Å². The Morgan fingerprint density at radius 2 is 2.12 bits per heavy atom. The number of carbonyl (C=O) groups is 1. The molecule has 1 fully saturated rings. The lowest BCUT2D eigenvalue weighted by molar-refractivity contribution is 0.214. The number of rotatable bonds is 2. The maximum atomic E-state index is 12.5. The highest BCUT2D eigenvalue weighted by atomic mass is 35.5. The third-order valence-electron chi connectivity index (χ3n) is 4.27. The third-order valence-corrected chi connectivity index (χ3v) is 7.52. The van der Waals surface area contributed by atoms with Gasteiger partial charge in [-0.25, -0.2) is 4.79 Å². The van der Waals surface area contributed by atoms with Gasteiger partial charge >= 0.3 is 6.03 Å². The van der Waals surface area contributed by atoms with Crippen molar-refractivity contribution in [3.8, 4) is 10.6 Å². The summed E-state index contributed by atoms with van der Waals surface area (Å²) in [6.45, 7) is 5.08. The average molecular weight is 398 g/mol. The Morgan fingerprint density at radius 3 is 2.76 bits per heavy atom. The molecular formula is C17H20ClN3O2S2. The van der Waals surface area contributed by atoms with Crippen LogP contribution in [0.15, 0.2) is 30.5 Å². The number of pyridine rings is 1. The fourth-order valence-corrected chi connectivity index (χ4v) is 4.85. The molecule has 134 valence electrons. The summed E-state index contributed by atoms with van der Waals surface area (Å²) < 4.78 is 12.6. The molecule has 2 aromatic heterocycles. The number of carbonyl (C=O) groups excluding carboxylic acids is 1. The van der Waals surface area contributed by atoms with Gasteiger partial charge in [-0.3, -0.25) is 9.19 Å². The summed E-state index contributed by atoms with van der Waals surface area (Å²) in [4.78, 5) is 19.6. The molecule has 3 rings (SSSR count). The smallest absolute Gasteiger partial charge is 0.321 e. The van der Waals surface area contributed by atoms with Crippen molar-refractivity contribution in [3.63, 3.8) is 0 Å². The molecular weight excluding hydrogens is 378 g/mol. The van der Waals surface area contributed by atoms with Gasteiger partial charge in [0.25, 0.3) is 0 Å². The van der Waals surface area contributed by atoms with Crippen LogP contribution >= 0.6 is 22.9 Å². The zero-order valence-corrected chi connectivity index (χ0v) is 16.5. The van der Waals surface area contributed by atoms with Crippen molar-refractivity contribution in [2.75, 3.05) is 24.2 Å². The van der Waals surface area contributed by atoms with E-state index in [0.717, 1.165) is 21.3 Å². The summed E-state index contributed by atoms with van der Waals surface area (Å²) in [5, 5.41) is 2.87. The Bertz CT molecular complexity index is 789. The second kappa shape index (κ2) is 7.43. The summed E-state index contributed by atoms with van der Waals surface area (Å²) >= 11 is 7.41. The van der Waals surface area contributed by atoms with Crippen LogP contribution in [0.25, 0.3) is 10.6 Å². The fourth-order valence-electron chi connectivity index (χ4n) is 2.57. The molecule has 1 aliphatic rings. The number of anilines is 1. The quantitative estimate of drug-likeness (QED) is 0.824. The van der Waals surface area contributed by atoms with Gasteiger partial charge in [0.05, 0.1) is 26.8 Å². The molecule has 3 heterocycles. The van der Waals surface area contributed by atoms with Gasteiger partial charge in [-0.2, -0.15) is 0 Å². The molecule has 2 aromatic rings. The van der Waals surface area contributed by atoms with Gasteiger partial charge in [-0.05, 0) is 44.5 Å². The van der Waals surface area contributed by atoms with Crippen LogP contribution in [-0.4, -0.2) is 43.7 Å². The number of nitrogens with one attached hydrogen (secondary N) is 1. The topological polar surface area (TPSA) is 62.3 Å². The van der Waals surface area contributed by atoms with E-state index in [1.165, 1.54) is 11.3 Å². The molecule has 1 N–H and O–H groups in total. The molecule has 5 nitrogen and oxygen atoms in total. The molecule has 1 aliphatic heterocycles. The SMILES string of the molecule is CC1(C)CCN(C(=O)Nc2ccc(-c3ccc(Cl)s3)nc2)CCS1=O. The van der Waals surface area contributed by atoms with Crippen LogP contribution in [0.3, 0.4) is 0 Å². The van der Waals surface area contributed by atoms with E-state index in [9.17, 15) is 9.00 Å². The molecule has 0 aliphatic carbocycles. The van der Waals surface area contributed by atoms with Gasteiger partial charge in [0.2, 0.25) is 0 Å². The van der Waals surface area contributed by atoms with Crippen molar-refractivity contribution in [1.29, 1.82) is 0 Å². The molecule has 1 atom stereocenters. The van der Waals surface area contributed by atoms with Crippen LogP contribution in [0, 0.1) is 0 Å². The molecule has 1 unspecified atom stereocenters. The Labute approximate surface area is 158 Å². The minimum Gasteiger partial charge on any atom is -0.324 e. The standard InChI is InChI=1S/C17H20ClN3O2S2/c1-17(2)7-8-21(9-10-25(17)23)16(22)20-12-3-4-13(19-11-12)14-5-6-15(18)24-14/h3-6,11H,7-10H2,1-2H3,(H,20,22). The number of aromatic nitrogens is 1. The molecule has 2 amide bonds. The predicted octanol–water partition coefficient (Wildman–Crippen LogP) is 4.23. The first-order chi connectivity index (χ1) is 11.8. The number of hydrogen-bond donors (Lipinski definition) is 1. The van der Waals surface area contributed by atoms with E-state index in [1.807, 2.05) is 38.1 Å². The summed E-state index contributed by atoms with van der Waals surface area (Å²) in [5.74, 6) is 0.511. The largest absolute Gasteiger partial charge is 0.324 e. The van der Waals surface area contributed by atoms with Crippen molar-refractivity contribution >= 4 is 45.5 Å². The van der Waals surface area contributed by atoms with Crippen LogP contribution in [-0.2, 0) is 10.8 Å². The molecule has 8 heteroatoms. The maximum Gasteiger partial charge on any atom is 0.321 e. The highest BCUT2D eigenvalue weighted by Crippen LogP contribution is 2.30. The molecule has 0 bridgehead atoms. The first kappa shape index (κ1) is 18.4. The van der Waals surface area contributed by atoms with Crippen molar-refractivity contribution < 1.29 is 9.00 Å². The predicted molar refractivity (Wildman–Crippen MR) is 105 cm³/mol. The number of thiophene rings is 1. The molecule has 25 heavy (non-hydrogen) atoms. The van der Waals surface area contributed by atoms with E-state index in [4.69, 9.17) is 11.6 Å². The van der Waals surface area contributed by atoms with Crippen LogP contribution in [0.4, 0.5) is 10.5 Å². The van der Waals surface area contributed by atoms with Gasteiger partial charge < -0.3 is 10.2 Å². The van der Waals surface area contributed by atoms with Gasteiger partial charge in [0, 0.05) is 34.4 Å². The second-order valence-electron chi connectivity index (χ2n) is 6.51. The van der Waals surface area contributed by atoms with Gasteiger partial charge in [0.1, 0.15) is 0 Å². The molecule has 0 aromatic carbocycles. The summed E-state index contributed by atoms with van der Waals surface area (Å²) in [6, 6.07) is 7.27. The Morgan fingerprint density at radius 1 is 1.32 bits per heavy atom. The minimum atomic E-state index is -0.918. The van der Waals surface area contributed by atoms with Crippen LogP contribution in [0.2, 0.25) is 4.34 Å². The highest BCUT2D eigenvalue weighted by Gasteiger charge is 2.31. The number of nitrogens with zero attached hydrogens (tertiary/aromatic N) is 2. The van der Waals surface area contributed by atoms with E-state index < -0.39 is 10.8 Å². The maximum absolute atomic E-state index is 12.5. The van der Waals surface area contributed by atoms with Crippen LogP contribution in [0.5, 0.6) is 0 Å². The summed E-state index contributed by atoms with van der Waals surface area (Å²) in [6.07, 6.45) is 2.37. The van der Waals surface area contributed by atoms with Gasteiger partial charge in [-0.1, -0.05) is 11.6 Å². The third kappa shape index (κ3) is 4.40. The summed E-state index contributed by atoms with van der Waals surface area (Å²) in [5.41, 5.74) is 1.46. The molecule has 0 saturated carbocycles. The van der Waals surface area contributed by atoms with E-state index >= 15 is 0 Å². The number of hydrogen-bond acceptors (Lipinski definition) is 4. The minimum absolute atomic E-state index is 0.177. The Balaban J connectivity index is 1.64. The lowest BCUT2D eigenvalue weighted by atomic mass is 10.1. The van der Waals surface area contributed by atoms with Crippen LogP contribution < -0.4 is 5.32 Å². The first-order valence-electron chi connectivity index (χ1n) is 8.01. The number of halogens is 1. The van der Waals surface area contributed by atoms with E-state index in [1.54, 1.807) is 11.1 Å². The lowest BCUT2D eigenvalue weighted by Gasteiger charge is -2.22. The van der Waals surface area contributed by atoms with Gasteiger partial charge in [0.15, 0.2) is 0 Å². The normalized spacial score (nSPS) is 20.1. The first-order valence-corrected chi connectivity index (χ1v) is 10.5. The number of urea groups is 1. The lowest BCUT2D eigenvalue weighted by Crippen LogP contribution is -2.37. The van der Waals surface area contributed by atoms with Crippen molar-refractivity contribution in [2.45, 2.75) is 25.0 Å². The monoisotopic (exact) mass is 397 g/mol. The zero-order chi connectivity index (χ0) is 18.0. The highest BCUT2D eigenvalue weighted by molar-refractivity contribution is 7.86. The zero-order valence-electron chi connectivity index (χ0n) is 14.1. The average Bonchev–Trinajstić information content (AvgIpc) is 2.95. The molecule has 1 saturated heterocycles. The Hall–Kier alpha value is -1.44. The fraction of sp³-hybridized carbons (Fsp3) is 0.412. The Kier molecular flexibility index (Phi) is 5.46. The van der Waals surface area contributed by atoms with E-state index in [0.29, 0.717) is 24.5 Å². The van der Waals surface area contributed by atoms with Gasteiger partial charge in [-0.15, -0.1) is 11.3 Å². The number of amides is 2. The summed E-state index contributed by atoms with van der Waals surface area (Å²) in [7, 11) is -0.918. The van der Waals surface area contributed by atoms with Crippen LogP contribution in [0.1, 0.15) is 20.3 Å². The van der Waals surface area contributed by atoms with Crippen molar-refractivity contribution in [1.82, 2.24) is 9.88 Å². The van der Waals surface area contributed by atoms with Crippen molar-refractivity contribution in [3.05, 3.63) is 34.8 Å². The molecule has 0 spiro atoms. The molecule has 0 radical (unpaired) electrons. The second-order valence-corrected chi connectivity index (χ2v) is 10.4. The van der Waals surface area contributed by atoms with Crippen molar-refractivity contribution in [2.24, 2.45) is 0 Å².